The van der Waals surface area contributed by atoms with Crippen molar-refractivity contribution in [1.29, 1.82) is 0 Å². The zero-order valence-corrected chi connectivity index (χ0v) is 30.3. The van der Waals surface area contributed by atoms with E-state index in [0.717, 1.165) is 24.5 Å². The van der Waals surface area contributed by atoms with Crippen molar-refractivity contribution >= 4 is 56.4 Å². The SMILES string of the molecule is CCCOc1ccc(C(=O)NC2=NN(c3ccccc3)C(=O)C2(NC(C)=O)Nc2ccccc2)cc1.CCNCC.O=S1(=O)C2=CC(Cl)=C1C=C2. The molecule has 51 heavy (non-hydrogen) atoms. The lowest BCUT2D eigenvalue weighted by atomic mass is 10.1. The van der Waals surface area contributed by atoms with Gasteiger partial charge in [-0.3, -0.25) is 14.4 Å². The Labute approximate surface area is 303 Å². The van der Waals surface area contributed by atoms with Crippen LogP contribution in [0, 0.1) is 0 Å². The minimum Gasteiger partial charge on any atom is -0.494 e. The molecule has 0 fully saturated rings. The third-order valence-corrected chi connectivity index (χ3v) is 9.60. The van der Waals surface area contributed by atoms with Gasteiger partial charge in [0.25, 0.3) is 11.6 Å². The number of anilines is 2. The summed E-state index contributed by atoms with van der Waals surface area (Å²) >= 11 is 5.57. The van der Waals surface area contributed by atoms with Gasteiger partial charge in [-0.25, -0.2) is 8.42 Å². The molecule has 0 saturated heterocycles. The molecule has 0 radical (unpaired) electrons. The minimum absolute atomic E-state index is 0.0632. The number of sulfone groups is 1. The van der Waals surface area contributed by atoms with Crippen molar-refractivity contribution < 1.29 is 27.5 Å². The van der Waals surface area contributed by atoms with Crippen LogP contribution in [0.25, 0.3) is 0 Å². The molecule has 3 aromatic rings. The van der Waals surface area contributed by atoms with Gasteiger partial charge in [-0.15, -0.1) is 5.10 Å². The number of ether oxygens (including phenoxy) is 1. The summed E-state index contributed by atoms with van der Waals surface area (Å²) in [5.74, 6) is -0.974. The molecule has 3 heterocycles. The predicted molar refractivity (Wildman–Crippen MR) is 201 cm³/mol. The number of hydrogen-bond acceptors (Lipinski definition) is 9. The Balaban J connectivity index is 0.000000319. The third kappa shape index (κ3) is 9.31. The predicted octanol–water partition coefficient (Wildman–Crippen LogP) is 5.44. The molecule has 1 unspecified atom stereocenters. The molecule has 0 spiro atoms. The van der Waals surface area contributed by atoms with E-state index >= 15 is 0 Å². The van der Waals surface area contributed by atoms with Crippen molar-refractivity contribution in [3.05, 3.63) is 124 Å². The average molecular weight is 733 g/mol. The Morgan fingerprint density at radius 1 is 0.902 bits per heavy atom. The van der Waals surface area contributed by atoms with Gasteiger partial charge in [-0.1, -0.05) is 68.8 Å². The number of allylic oxidation sites excluding steroid dienone is 4. The maximum atomic E-state index is 13.8. The summed E-state index contributed by atoms with van der Waals surface area (Å²) in [5.41, 5.74) is -0.477. The fraction of sp³-hybridized carbons (Fsp3) is 0.243. The molecule has 0 aromatic heterocycles. The zero-order valence-electron chi connectivity index (χ0n) is 28.8. The topological polar surface area (TPSA) is 158 Å². The minimum atomic E-state index is -3.14. The Morgan fingerprint density at radius 3 is 2.00 bits per heavy atom. The monoisotopic (exact) mass is 732 g/mol. The second-order valence-corrected chi connectivity index (χ2v) is 13.5. The summed E-state index contributed by atoms with van der Waals surface area (Å²) in [6.07, 6.45) is 5.41. The lowest BCUT2D eigenvalue weighted by Crippen LogP contribution is -2.67. The largest absolute Gasteiger partial charge is 0.494 e. The number of hydrazone groups is 1. The molecule has 268 valence electrons. The highest BCUT2D eigenvalue weighted by molar-refractivity contribution is 8.00. The fourth-order valence-electron chi connectivity index (χ4n) is 4.95. The van der Waals surface area contributed by atoms with Crippen molar-refractivity contribution in [2.45, 2.75) is 39.8 Å². The van der Waals surface area contributed by atoms with E-state index in [0.29, 0.717) is 39.2 Å². The third-order valence-electron chi connectivity index (χ3n) is 7.36. The summed E-state index contributed by atoms with van der Waals surface area (Å²) in [4.78, 5) is 39.9. The number of benzene rings is 3. The molecule has 14 heteroatoms. The van der Waals surface area contributed by atoms with Gasteiger partial charge in [0, 0.05) is 18.2 Å². The smallest absolute Gasteiger partial charge is 0.302 e. The van der Waals surface area contributed by atoms with Gasteiger partial charge in [0.15, 0.2) is 5.84 Å². The van der Waals surface area contributed by atoms with Gasteiger partial charge >= 0.3 is 5.91 Å². The zero-order chi connectivity index (χ0) is 37.0. The molecule has 12 nitrogen and oxygen atoms in total. The lowest BCUT2D eigenvalue weighted by Gasteiger charge is -2.31. The maximum Gasteiger partial charge on any atom is 0.302 e. The van der Waals surface area contributed by atoms with E-state index in [9.17, 15) is 22.8 Å². The summed E-state index contributed by atoms with van der Waals surface area (Å²) in [6, 6.07) is 24.3. The standard InChI is InChI=1S/C27H27N5O4.C6H3ClO2S.C4H11N/c1-3-18-36-23-16-14-20(15-17-23)24(34)28-25-27(29-19(2)33,30-21-10-6-4-7-11-21)26(35)32(31-25)22-12-8-5-9-13-22;7-5-3-4-1-2-6(5)10(4,8)9;1-3-5-4-2/h4-17,30H,3,18H2,1-2H3,(H,29,33)(H,28,31,34);1-3H;5H,3-4H2,1-2H3. The summed E-state index contributed by atoms with van der Waals surface area (Å²) in [6.45, 7) is 10.3. The van der Waals surface area contributed by atoms with Gasteiger partial charge < -0.3 is 26.0 Å². The Bertz CT molecular complexity index is 1950. The van der Waals surface area contributed by atoms with Crippen LogP contribution in [0.15, 0.2) is 123 Å². The summed E-state index contributed by atoms with van der Waals surface area (Å²) in [7, 11) is -3.14. The number of hydrogen-bond donors (Lipinski definition) is 4. The molecular formula is C37H41ClN6O6S. The van der Waals surface area contributed by atoms with Crippen LogP contribution in [0.4, 0.5) is 11.4 Å². The van der Waals surface area contributed by atoms with Crippen molar-refractivity contribution in [3.8, 4) is 5.75 Å². The lowest BCUT2D eigenvalue weighted by molar-refractivity contribution is -0.127. The van der Waals surface area contributed by atoms with Crippen molar-refractivity contribution in [2.24, 2.45) is 5.10 Å². The second kappa shape index (κ2) is 17.6. The first-order valence-corrected chi connectivity index (χ1v) is 18.2. The summed E-state index contributed by atoms with van der Waals surface area (Å²) < 4.78 is 27.8. The molecule has 0 saturated carbocycles. The van der Waals surface area contributed by atoms with Gasteiger partial charge in [0.2, 0.25) is 15.7 Å². The van der Waals surface area contributed by atoms with Gasteiger partial charge in [-0.2, -0.15) is 5.01 Å². The van der Waals surface area contributed by atoms with Gasteiger partial charge in [0.05, 0.1) is 27.1 Å². The number of amides is 3. The van der Waals surface area contributed by atoms with E-state index in [4.69, 9.17) is 16.3 Å². The van der Waals surface area contributed by atoms with E-state index in [2.05, 4.69) is 40.2 Å². The van der Waals surface area contributed by atoms with Crippen LogP contribution >= 0.6 is 11.6 Å². The molecular weight excluding hydrogens is 692 g/mol. The molecule has 3 aromatic carbocycles. The van der Waals surface area contributed by atoms with Crippen LogP contribution in [0.1, 0.15) is 44.5 Å². The Morgan fingerprint density at radius 2 is 1.53 bits per heavy atom. The molecule has 1 atom stereocenters. The van der Waals surface area contributed by atoms with Crippen LogP contribution in [-0.4, -0.2) is 57.3 Å². The van der Waals surface area contributed by atoms with Gasteiger partial charge in [-0.05, 0) is 86.3 Å². The van der Waals surface area contributed by atoms with E-state index in [1.54, 1.807) is 78.9 Å². The number of nitrogens with one attached hydrogen (secondary N) is 4. The van der Waals surface area contributed by atoms with Gasteiger partial charge in [0.1, 0.15) is 5.75 Å². The van der Waals surface area contributed by atoms with Crippen LogP contribution in [0.3, 0.4) is 0 Å². The first-order valence-electron chi connectivity index (χ1n) is 16.4. The Hall–Kier alpha value is -5.24. The van der Waals surface area contributed by atoms with Crippen molar-refractivity contribution in [1.82, 2.24) is 16.0 Å². The number of rotatable bonds is 10. The number of para-hydroxylation sites is 2. The molecule has 3 aliphatic heterocycles. The molecule has 6 rings (SSSR count). The number of halogens is 1. The van der Waals surface area contributed by atoms with E-state index in [1.807, 2.05) is 19.1 Å². The quantitative estimate of drug-likeness (QED) is 0.201. The number of nitrogens with zero attached hydrogens (tertiary/aromatic N) is 2. The number of carbonyl (C=O) groups is 3. The highest BCUT2D eigenvalue weighted by atomic mass is 35.5. The van der Waals surface area contributed by atoms with Crippen molar-refractivity contribution in [2.75, 3.05) is 30.0 Å². The maximum absolute atomic E-state index is 13.8. The number of carbonyl (C=O) groups excluding carboxylic acids is 3. The second-order valence-electron chi connectivity index (χ2n) is 11.2. The van der Waals surface area contributed by atoms with Crippen LogP contribution < -0.4 is 31.0 Å². The van der Waals surface area contributed by atoms with Crippen LogP contribution in [-0.2, 0) is 19.4 Å². The van der Waals surface area contributed by atoms with E-state index < -0.39 is 33.2 Å². The number of amidine groups is 1. The highest BCUT2D eigenvalue weighted by Crippen LogP contribution is 2.38. The number of fused-ring (bicyclic) bond motifs is 2. The fourth-order valence-corrected chi connectivity index (χ4v) is 6.83. The van der Waals surface area contributed by atoms with E-state index in [-0.39, 0.29) is 10.7 Å². The molecule has 0 aliphatic carbocycles. The van der Waals surface area contributed by atoms with E-state index in [1.165, 1.54) is 19.1 Å². The highest BCUT2D eigenvalue weighted by Gasteiger charge is 2.54. The Kier molecular flexibility index (Phi) is 13.3. The molecule has 3 amide bonds. The van der Waals surface area contributed by atoms with Crippen LogP contribution in [0.2, 0.25) is 0 Å². The molecule has 3 aliphatic rings. The molecule has 2 bridgehead atoms. The first-order chi connectivity index (χ1) is 24.5. The average Bonchev–Trinajstić information content (AvgIpc) is 3.64. The van der Waals surface area contributed by atoms with Crippen molar-refractivity contribution in [3.63, 3.8) is 0 Å². The molecule has 4 N–H and O–H groups in total. The van der Waals surface area contributed by atoms with Crippen LogP contribution in [0.5, 0.6) is 5.75 Å². The first kappa shape index (κ1) is 38.6. The summed E-state index contributed by atoms with van der Waals surface area (Å²) in [5, 5.41) is 17.5. The normalized spacial score (nSPS) is 17.7.